The van der Waals surface area contributed by atoms with E-state index in [-0.39, 0.29) is 18.1 Å². The highest BCUT2D eigenvalue weighted by molar-refractivity contribution is 6.31. The van der Waals surface area contributed by atoms with Crippen LogP contribution < -0.4 is 11.1 Å². The summed E-state index contributed by atoms with van der Waals surface area (Å²) < 4.78 is 13.9. The molecule has 0 aliphatic rings. The molecule has 0 aliphatic heterocycles. The minimum atomic E-state index is -0.408. The van der Waals surface area contributed by atoms with Crippen molar-refractivity contribution in [2.24, 2.45) is 10.2 Å². The Bertz CT molecular complexity index is 881. The Labute approximate surface area is 148 Å². The van der Waals surface area contributed by atoms with Crippen LogP contribution in [0.5, 0.6) is 0 Å². The molecule has 8 heteroatoms. The molecule has 3 rings (SSSR count). The number of hydrogen-bond donors (Lipinski definition) is 2. The number of hydrogen-bond acceptors (Lipinski definition) is 6. The van der Waals surface area contributed by atoms with Crippen LogP contribution in [0, 0.1) is 5.82 Å². The van der Waals surface area contributed by atoms with Crippen molar-refractivity contribution in [3.05, 3.63) is 71.3 Å². The molecule has 126 valence electrons. The van der Waals surface area contributed by atoms with E-state index in [9.17, 15) is 4.39 Å². The standard InChI is InChI=1S/C17H14ClFN6/c18-13-7-4-8-14(19)12(13)9-21-17-15(16(20)22-10-23-17)25-24-11-5-2-1-3-6-11/h1-8,10H,9H2,(H3,20,21,22,23). The number of rotatable bonds is 5. The predicted molar refractivity (Wildman–Crippen MR) is 95.8 cm³/mol. The largest absolute Gasteiger partial charge is 0.382 e. The normalized spacial score (nSPS) is 11.0. The van der Waals surface area contributed by atoms with Gasteiger partial charge in [-0.3, -0.25) is 0 Å². The van der Waals surface area contributed by atoms with Crippen LogP contribution in [0.4, 0.5) is 27.4 Å². The van der Waals surface area contributed by atoms with E-state index in [1.807, 2.05) is 18.2 Å². The summed E-state index contributed by atoms with van der Waals surface area (Å²) in [4.78, 5) is 8.02. The molecule has 0 aliphatic carbocycles. The molecule has 0 amide bonds. The summed E-state index contributed by atoms with van der Waals surface area (Å²) in [5.41, 5.74) is 7.13. The van der Waals surface area contributed by atoms with Crippen LogP contribution in [0.25, 0.3) is 0 Å². The number of azo groups is 1. The van der Waals surface area contributed by atoms with Gasteiger partial charge in [-0.05, 0) is 24.3 Å². The van der Waals surface area contributed by atoms with Gasteiger partial charge in [0.05, 0.1) is 5.69 Å². The number of nitrogens with one attached hydrogen (secondary N) is 1. The number of halogens is 2. The van der Waals surface area contributed by atoms with Crippen molar-refractivity contribution in [3.63, 3.8) is 0 Å². The van der Waals surface area contributed by atoms with Crippen molar-refractivity contribution in [2.75, 3.05) is 11.1 Å². The summed E-state index contributed by atoms with van der Waals surface area (Å²) >= 11 is 6.03. The Morgan fingerprint density at radius 2 is 1.84 bits per heavy atom. The first kappa shape index (κ1) is 16.8. The maximum atomic E-state index is 13.9. The Hall–Kier alpha value is -3.06. The fraction of sp³-hybridized carbons (Fsp3) is 0.0588. The smallest absolute Gasteiger partial charge is 0.170 e. The minimum Gasteiger partial charge on any atom is -0.382 e. The Morgan fingerprint density at radius 1 is 1.04 bits per heavy atom. The molecule has 1 heterocycles. The first-order valence-corrected chi connectivity index (χ1v) is 7.77. The minimum absolute atomic E-state index is 0.121. The van der Waals surface area contributed by atoms with Crippen molar-refractivity contribution >= 4 is 34.6 Å². The summed E-state index contributed by atoms with van der Waals surface area (Å²) in [7, 11) is 0. The zero-order valence-corrected chi connectivity index (χ0v) is 13.8. The van der Waals surface area contributed by atoms with Gasteiger partial charge in [-0.25, -0.2) is 14.4 Å². The van der Waals surface area contributed by atoms with Crippen LogP contribution in [0.1, 0.15) is 5.56 Å². The summed E-state index contributed by atoms with van der Waals surface area (Å²) in [6.07, 6.45) is 1.29. The summed E-state index contributed by atoms with van der Waals surface area (Å²) in [6.45, 7) is 0.121. The molecule has 0 saturated carbocycles. The first-order valence-electron chi connectivity index (χ1n) is 7.39. The van der Waals surface area contributed by atoms with Gasteiger partial charge in [0.2, 0.25) is 0 Å². The van der Waals surface area contributed by atoms with E-state index in [2.05, 4.69) is 25.5 Å². The van der Waals surface area contributed by atoms with Gasteiger partial charge in [0, 0.05) is 17.1 Å². The van der Waals surface area contributed by atoms with Crippen molar-refractivity contribution in [2.45, 2.75) is 6.54 Å². The van der Waals surface area contributed by atoms with E-state index >= 15 is 0 Å². The van der Waals surface area contributed by atoms with Gasteiger partial charge in [-0.1, -0.05) is 35.9 Å². The van der Waals surface area contributed by atoms with E-state index < -0.39 is 5.82 Å². The third kappa shape index (κ3) is 4.07. The summed E-state index contributed by atoms with van der Waals surface area (Å²) in [6, 6.07) is 13.7. The third-order valence-corrected chi connectivity index (χ3v) is 3.72. The second kappa shape index (κ2) is 7.67. The average molecular weight is 357 g/mol. The van der Waals surface area contributed by atoms with Crippen molar-refractivity contribution in [1.29, 1.82) is 0 Å². The molecule has 0 unspecified atom stereocenters. The number of benzene rings is 2. The molecule has 6 nitrogen and oxygen atoms in total. The molecule has 0 radical (unpaired) electrons. The maximum Gasteiger partial charge on any atom is 0.170 e. The Morgan fingerprint density at radius 3 is 2.60 bits per heavy atom. The lowest BCUT2D eigenvalue weighted by Gasteiger charge is -2.10. The van der Waals surface area contributed by atoms with E-state index in [1.54, 1.807) is 24.3 Å². The van der Waals surface area contributed by atoms with Crippen LogP contribution >= 0.6 is 11.6 Å². The van der Waals surface area contributed by atoms with Gasteiger partial charge < -0.3 is 11.1 Å². The lowest BCUT2D eigenvalue weighted by atomic mass is 10.2. The van der Waals surface area contributed by atoms with Gasteiger partial charge in [-0.15, -0.1) is 5.11 Å². The number of nitrogen functional groups attached to an aromatic ring is 1. The second-order valence-corrected chi connectivity index (χ2v) is 5.45. The zero-order valence-electron chi connectivity index (χ0n) is 13.0. The maximum absolute atomic E-state index is 13.9. The Balaban J connectivity index is 1.85. The topological polar surface area (TPSA) is 88.5 Å². The van der Waals surface area contributed by atoms with Crippen LogP contribution in [0.3, 0.4) is 0 Å². The van der Waals surface area contributed by atoms with E-state index in [0.717, 1.165) is 0 Å². The van der Waals surface area contributed by atoms with Crippen LogP contribution in [-0.2, 0) is 6.54 Å². The van der Waals surface area contributed by atoms with Gasteiger partial charge in [0.15, 0.2) is 17.3 Å². The highest BCUT2D eigenvalue weighted by Gasteiger charge is 2.11. The summed E-state index contributed by atoms with van der Waals surface area (Å²) in [5.74, 6) is 0.0952. The SMILES string of the molecule is Nc1ncnc(NCc2c(F)cccc2Cl)c1N=Nc1ccccc1. The third-order valence-electron chi connectivity index (χ3n) is 3.37. The molecule has 0 atom stereocenters. The molecule has 3 aromatic rings. The number of anilines is 2. The molecule has 0 fully saturated rings. The number of aromatic nitrogens is 2. The molecule has 0 bridgehead atoms. The fourth-order valence-electron chi connectivity index (χ4n) is 2.10. The molecular weight excluding hydrogens is 343 g/mol. The highest BCUT2D eigenvalue weighted by atomic mass is 35.5. The van der Waals surface area contributed by atoms with Crippen molar-refractivity contribution in [3.8, 4) is 0 Å². The lowest BCUT2D eigenvalue weighted by Crippen LogP contribution is -2.06. The monoisotopic (exact) mass is 356 g/mol. The van der Waals surface area contributed by atoms with Crippen LogP contribution in [-0.4, -0.2) is 9.97 Å². The lowest BCUT2D eigenvalue weighted by molar-refractivity contribution is 0.613. The zero-order chi connectivity index (χ0) is 17.6. The highest BCUT2D eigenvalue weighted by Crippen LogP contribution is 2.30. The van der Waals surface area contributed by atoms with Gasteiger partial charge in [0.1, 0.15) is 12.1 Å². The quantitative estimate of drug-likeness (QED) is 0.638. The van der Waals surface area contributed by atoms with Crippen molar-refractivity contribution < 1.29 is 4.39 Å². The molecule has 0 spiro atoms. The average Bonchev–Trinajstić information content (AvgIpc) is 2.61. The molecule has 0 saturated heterocycles. The van der Waals surface area contributed by atoms with Gasteiger partial charge >= 0.3 is 0 Å². The van der Waals surface area contributed by atoms with Gasteiger partial charge in [-0.2, -0.15) is 5.11 Å². The number of nitrogens with two attached hydrogens (primary N) is 1. The Kier molecular flexibility index (Phi) is 5.15. The van der Waals surface area contributed by atoms with Crippen LogP contribution in [0.15, 0.2) is 65.1 Å². The molecule has 3 N–H and O–H groups in total. The second-order valence-electron chi connectivity index (χ2n) is 5.05. The van der Waals surface area contributed by atoms with E-state index in [1.165, 1.54) is 12.4 Å². The van der Waals surface area contributed by atoms with E-state index in [0.29, 0.717) is 22.1 Å². The van der Waals surface area contributed by atoms with E-state index in [4.69, 9.17) is 17.3 Å². The van der Waals surface area contributed by atoms with Gasteiger partial charge in [0.25, 0.3) is 0 Å². The van der Waals surface area contributed by atoms with Crippen molar-refractivity contribution in [1.82, 2.24) is 9.97 Å². The summed E-state index contributed by atoms with van der Waals surface area (Å²) in [5, 5.41) is 11.5. The fourth-order valence-corrected chi connectivity index (χ4v) is 2.33. The predicted octanol–water partition coefficient (Wildman–Crippen LogP) is 4.88. The molecule has 25 heavy (non-hydrogen) atoms. The molecular formula is C17H14ClFN6. The first-order chi connectivity index (χ1) is 12.1. The number of nitrogens with zero attached hydrogens (tertiary/aromatic N) is 4. The molecule has 1 aromatic heterocycles. The molecule has 2 aromatic carbocycles. The van der Waals surface area contributed by atoms with Crippen LogP contribution in [0.2, 0.25) is 5.02 Å².